The second-order valence-corrected chi connectivity index (χ2v) is 7.67. The van der Waals surface area contributed by atoms with E-state index in [0.29, 0.717) is 5.92 Å². The zero-order chi connectivity index (χ0) is 12.8. The fourth-order valence-corrected chi connectivity index (χ4v) is 4.43. The Morgan fingerprint density at radius 2 is 1.78 bits per heavy atom. The van der Waals surface area contributed by atoms with E-state index in [1.807, 2.05) is 6.92 Å². The SMILES string of the molecule is C[C@@]1(O)CCCC(CC2CCC3(O)CC3C2)CC1. The molecule has 3 rings (SSSR count). The third-order valence-electron chi connectivity index (χ3n) is 5.89. The Morgan fingerprint density at radius 1 is 1.00 bits per heavy atom. The van der Waals surface area contributed by atoms with Crippen molar-refractivity contribution in [1.29, 1.82) is 0 Å². The first-order chi connectivity index (χ1) is 8.47. The fourth-order valence-electron chi connectivity index (χ4n) is 4.43. The highest BCUT2D eigenvalue weighted by molar-refractivity contribution is 5.07. The first-order valence-corrected chi connectivity index (χ1v) is 7.92. The molecule has 18 heavy (non-hydrogen) atoms. The summed E-state index contributed by atoms with van der Waals surface area (Å²) in [4.78, 5) is 0. The second kappa shape index (κ2) is 4.49. The predicted octanol–water partition coefficient (Wildman–Crippen LogP) is 3.26. The average molecular weight is 252 g/mol. The van der Waals surface area contributed by atoms with Gasteiger partial charge in [0.15, 0.2) is 0 Å². The number of rotatable bonds is 2. The summed E-state index contributed by atoms with van der Waals surface area (Å²) in [6.07, 6.45) is 11.6. The van der Waals surface area contributed by atoms with Gasteiger partial charge in [-0.05, 0) is 76.0 Å². The standard InChI is InChI=1S/C16H28O2/c1-15(17)6-2-3-12(4-7-15)9-13-5-8-16(18)11-14(16)10-13/h12-14,17-18H,2-11H2,1H3/t12?,13?,14?,15-,16?/m1/s1. The minimum atomic E-state index is -0.405. The molecule has 2 heteroatoms. The highest BCUT2D eigenvalue weighted by atomic mass is 16.3. The van der Waals surface area contributed by atoms with Crippen LogP contribution >= 0.6 is 0 Å². The lowest BCUT2D eigenvalue weighted by molar-refractivity contribution is 0.0424. The van der Waals surface area contributed by atoms with Gasteiger partial charge in [0.1, 0.15) is 0 Å². The Kier molecular flexibility index (Phi) is 3.22. The Morgan fingerprint density at radius 3 is 2.56 bits per heavy atom. The first kappa shape index (κ1) is 12.9. The molecule has 3 aliphatic carbocycles. The van der Waals surface area contributed by atoms with E-state index in [2.05, 4.69) is 0 Å². The Bertz CT molecular complexity index is 312. The average Bonchev–Trinajstić information content (AvgIpc) is 2.99. The van der Waals surface area contributed by atoms with Gasteiger partial charge >= 0.3 is 0 Å². The molecule has 3 saturated carbocycles. The van der Waals surface area contributed by atoms with Crippen LogP contribution in [0.15, 0.2) is 0 Å². The third kappa shape index (κ3) is 2.75. The van der Waals surface area contributed by atoms with Gasteiger partial charge in [-0.15, -0.1) is 0 Å². The lowest BCUT2D eigenvalue weighted by atomic mass is 9.79. The maximum Gasteiger partial charge on any atom is 0.0680 e. The van der Waals surface area contributed by atoms with Crippen molar-refractivity contribution in [3.05, 3.63) is 0 Å². The topological polar surface area (TPSA) is 40.5 Å². The van der Waals surface area contributed by atoms with Crippen molar-refractivity contribution in [2.75, 3.05) is 0 Å². The van der Waals surface area contributed by atoms with Gasteiger partial charge in [0.05, 0.1) is 11.2 Å². The Balaban J connectivity index is 1.48. The van der Waals surface area contributed by atoms with Crippen LogP contribution in [0.1, 0.15) is 71.1 Å². The smallest absolute Gasteiger partial charge is 0.0680 e. The van der Waals surface area contributed by atoms with Gasteiger partial charge in [-0.1, -0.05) is 12.8 Å². The molecule has 3 fully saturated rings. The summed E-state index contributed by atoms with van der Waals surface area (Å²) in [6, 6.07) is 0. The fraction of sp³-hybridized carbons (Fsp3) is 1.00. The van der Waals surface area contributed by atoms with Crippen LogP contribution in [-0.4, -0.2) is 21.4 Å². The summed E-state index contributed by atoms with van der Waals surface area (Å²) in [7, 11) is 0. The van der Waals surface area contributed by atoms with Gasteiger partial charge in [0, 0.05) is 0 Å². The normalized spacial score (nSPS) is 52.5. The van der Waals surface area contributed by atoms with E-state index in [1.165, 1.54) is 38.5 Å². The van der Waals surface area contributed by atoms with Crippen molar-refractivity contribution >= 4 is 0 Å². The van der Waals surface area contributed by atoms with E-state index in [1.54, 1.807) is 0 Å². The number of fused-ring (bicyclic) bond motifs is 1. The van der Waals surface area contributed by atoms with Crippen LogP contribution in [0.5, 0.6) is 0 Å². The first-order valence-electron chi connectivity index (χ1n) is 7.92. The van der Waals surface area contributed by atoms with Crippen molar-refractivity contribution in [3.63, 3.8) is 0 Å². The van der Waals surface area contributed by atoms with E-state index < -0.39 is 5.60 Å². The molecule has 104 valence electrons. The van der Waals surface area contributed by atoms with E-state index >= 15 is 0 Å². The highest BCUT2D eigenvalue weighted by Crippen LogP contribution is 2.56. The van der Waals surface area contributed by atoms with Crippen LogP contribution in [0.3, 0.4) is 0 Å². The minimum Gasteiger partial charge on any atom is -0.390 e. The molecule has 0 aromatic rings. The van der Waals surface area contributed by atoms with Gasteiger partial charge < -0.3 is 10.2 Å². The van der Waals surface area contributed by atoms with Crippen molar-refractivity contribution in [2.45, 2.75) is 82.3 Å². The van der Waals surface area contributed by atoms with E-state index in [-0.39, 0.29) is 5.60 Å². The van der Waals surface area contributed by atoms with Crippen molar-refractivity contribution in [1.82, 2.24) is 0 Å². The largest absolute Gasteiger partial charge is 0.390 e. The van der Waals surface area contributed by atoms with Gasteiger partial charge in [0.25, 0.3) is 0 Å². The van der Waals surface area contributed by atoms with E-state index in [4.69, 9.17) is 0 Å². The van der Waals surface area contributed by atoms with Gasteiger partial charge in [-0.2, -0.15) is 0 Å². The monoisotopic (exact) mass is 252 g/mol. The molecule has 0 aliphatic heterocycles. The van der Waals surface area contributed by atoms with Crippen LogP contribution in [-0.2, 0) is 0 Å². The summed E-state index contributed by atoms with van der Waals surface area (Å²) < 4.78 is 0. The minimum absolute atomic E-state index is 0.233. The van der Waals surface area contributed by atoms with Gasteiger partial charge in [-0.3, -0.25) is 0 Å². The molecule has 0 aromatic heterocycles. The molecule has 2 N–H and O–H groups in total. The molecule has 2 nitrogen and oxygen atoms in total. The molecule has 0 spiro atoms. The Labute approximate surface area is 111 Å². The third-order valence-corrected chi connectivity index (χ3v) is 5.89. The number of hydrogen-bond acceptors (Lipinski definition) is 2. The molecule has 0 saturated heterocycles. The zero-order valence-electron chi connectivity index (χ0n) is 11.7. The van der Waals surface area contributed by atoms with Crippen molar-refractivity contribution in [2.24, 2.45) is 17.8 Å². The van der Waals surface area contributed by atoms with Crippen LogP contribution < -0.4 is 0 Å². The number of aliphatic hydroxyl groups is 2. The predicted molar refractivity (Wildman–Crippen MR) is 72.2 cm³/mol. The maximum atomic E-state index is 10.1. The molecule has 0 radical (unpaired) electrons. The van der Waals surface area contributed by atoms with E-state index in [0.717, 1.165) is 37.5 Å². The second-order valence-electron chi connectivity index (χ2n) is 7.67. The highest BCUT2D eigenvalue weighted by Gasteiger charge is 2.55. The van der Waals surface area contributed by atoms with Crippen molar-refractivity contribution in [3.8, 4) is 0 Å². The van der Waals surface area contributed by atoms with Crippen LogP contribution in [0.2, 0.25) is 0 Å². The van der Waals surface area contributed by atoms with Gasteiger partial charge in [0.2, 0.25) is 0 Å². The lowest BCUT2D eigenvalue weighted by Crippen LogP contribution is -2.23. The summed E-state index contributed by atoms with van der Waals surface area (Å²) in [5.74, 6) is 2.31. The Hall–Kier alpha value is -0.0800. The van der Waals surface area contributed by atoms with E-state index in [9.17, 15) is 10.2 Å². The molecular formula is C16H28O2. The molecule has 3 aliphatic rings. The van der Waals surface area contributed by atoms with Crippen molar-refractivity contribution < 1.29 is 10.2 Å². The summed E-state index contributed by atoms with van der Waals surface area (Å²) in [6.45, 7) is 2.00. The van der Waals surface area contributed by atoms with Crippen LogP contribution in [0.4, 0.5) is 0 Å². The zero-order valence-corrected chi connectivity index (χ0v) is 11.7. The lowest BCUT2D eigenvalue weighted by Gasteiger charge is -2.28. The number of hydrogen-bond donors (Lipinski definition) is 2. The summed E-state index contributed by atoms with van der Waals surface area (Å²) >= 11 is 0. The molecular weight excluding hydrogens is 224 g/mol. The van der Waals surface area contributed by atoms with Crippen LogP contribution in [0.25, 0.3) is 0 Å². The molecule has 4 unspecified atom stereocenters. The molecule has 0 aromatic carbocycles. The maximum absolute atomic E-state index is 10.1. The molecule has 0 heterocycles. The molecule has 0 bridgehead atoms. The summed E-state index contributed by atoms with van der Waals surface area (Å²) in [5.41, 5.74) is -0.637. The molecule has 0 amide bonds. The molecule has 5 atom stereocenters. The van der Waals surface area contributed by atoms with Gasteiger partial charge in [-0.25, -0.2) is 0 Å². The van der Waals surface area contributed by atoms with Crippen LogP contribution in [0, 0.1) is 17.8 Å². The summed E-state index contributed by atoms with van der Waals surface area (Å²) in [5, 5.41) is 20.2. The quantitative estimate of drug-likeness (QED) is 0.741.